The van der Waals surface area contributed by atoms with Crippen molar-refractivity contribution in [1.82, 2.24) is 9.55 Å². The third-order valence-electron chi connectivity index (χ3n) is 5.33. The Bertz CT molecular complexity index is 1160. The number of benzene rings is 2. The van der Waals surface area contributed by atoms with Crippen LogP contribution in [0.3, 0.4) is 0 Å². The molecule has 1 saturated heterocycles. The number of carbonyl (C=O) groups is 1. The lowest BCUT2D eigenvalue weighted by Gasteiger charge is -2.32. The summed E-state index contributed by atoms with van der Waals surface area (Å²) in [5.74, 6) is 0.261. The predicted molar refractivity (Wildman–Crippen MR) is 117 cm³/mol. The standard InChI is InChI=1S/C22H22ClFN4O2/c1-14-5-4-10-27(12-14)21-16-6-2-3-7-19(16)28(22(30)26-21)13-20(29)25-18-9-8-15(24)11-17(18)23/h2-3,6-9,11,14H,4-5,10,12-13H2,1H3,(H,25,29)/t14-/m0/s1. The van der Waals surface area contributed by atoms with E-state index in [1.54, 1.807) is 0 Å². The van der Waals surface area contributed by atoms with Crippen LogP contribution in [0, 0.1) is 11.7 Å². The van der Waals surface area contributed by atoms with Crippen molar-refractivity contribution in [2.45, 2.75) is 26.3 Å². The summed E-state index contributed by atoms with van der Waals surface area (Å²) in [4.78, 5) is 31.9. The SMILES string of the molecule is C[C@H]1CCCN(c2nc(=O)n(CC(=O)Nc3ccc(F)cc3Cl)c3ccccc23)C1. The van der Waals surface area contributed by atoms with Gasteiger partial charge in [0.15, 0.2) is 0 Å². The van der Waals surface area contributed by atoms with Crippen molar-refractivity contribution in [2.24, 2.45) is 5.92 Å². The Morgan fingerprint density at radius 3 is 2.87 bits per heavy atom. The molecule has 0 saturated carbocycles. The van der Waals surface area contributed by atoms with Gasteiger partial charge in [0.25, 0.3) is 0 Å². The molecule has 1 amide bonds. The van der Waals surface area contributed by atoms with Gasteiger partial charge in [-0.1, -0.05) is 30.7 Å². The van der Waals surface area contributed by atoms with E-state index in [-0.39, 0.29) is 17.3 Å². The van der Waals surface area contributed by atoms with Gasteiger partial charge >= 0.3 is 5.69 Å². The van der Waals surface area contributed by atoms with Gasteiger partial charge in [-0.15, -0.1) is 0 Å². The number of hydrogen-bond donors (Lipinski definition) is 1. The van der Waals surface area contributed by atoms with Gasteiger partial charge in [0, 0.05) is 18.5 Å². The Kier molecular flexibility index (Phi) is 5.72. The lowest BCUT2D eigenvalue weighted by Crippen LogP contribution is -2.38. The van der Waals surface area contributed by atoms with Crippen LogP contribution in [0.5, 0.6) is 0 Å². The average Bonchev–Trinajstić information content (AvgIpc) is 2.72. The Hall–Kier alpha value is -2.93. The molecule has 1 aliphatic heterocycles. The number of para-hydroxylation sites is 1. The Morgan fingerprint density at radius 1 is 1.30 bits per heavy atom. The molecule has 0 radical (unpaired) electrons. The molecule has 3 aromatic rings. The zero-order valence-corrected chi connectivity index (χ0v) is 17.3. The Morgan fingerprint density at radius 2 is 2.10 bits per heavy atom. The molecule has 30 heavy (non-hydrogen) atoms. The fourth-order valence-electron chi connectivity index (χ4n) is 3.91. The largest absolute Gasteiger partial charge is 0.356 e. The summed E-state index contributed by atoms with van der Waals surface area (Å²) < 4.78 is 14.6. The first-order valence-electron chi connectivity index (χ1n) is 9.92. The van der Waals surface area contributed by atoms with Gasteiger partial charge in [0.2, 0.25) is 5.91 Å². The second kappa shape index (κ2) is 8.44. The van der Waals surface area contributed by atoms with Crippen LogP contribution in [-0.4, -0.2) is 28.5 Å². The molecule has 156 valence electrons. The summed E-state index contributed by atoms with van der Waals surface area (Å²) in [7, 11) is 0. The van der Waals surface area contributed by atoms with Gasteiger partial charge in [-0.05, 0) is 49.1 Å². The van der Waals surface area contributed by atoms with E-state index in [1.165, 1.54) is 16.7 Å². The van der Waals surface area contributed by atoms with Crippen LogP contribution in [0.1, 0.15) is 19.8 Å². The number of aromatic nitrogens is 2. The lowest BCUT2D eigenvalue weighted by molar-refractivity contribution is -0.116. The zero-order chi connectivity index (χ0) is 21.3. The molecule has 8 heteroatoms. The molecule has 0 spiro atoms. The van der Waals surface area contributed by atoms with Crippen LogP contribution < -0.4 is 15.9 Å². The second-order valence-electron chi connectivity index (χ2n) is 7.69. The quantitative estimate of drug-likeness (QED) is 0.680. The van der Waals surface area contributed by atoms with Gasteiger partial charge in [-0.2, -0.15) is 4.98 Å². The van der Waals surface area contributed by atoms with E-state index in [2.05, 4.69) is 22.1 Å². The maximum absolute atomic E-state index is 13.2. The maximum Gasteiger partial charge on any atom is 0.350 e. The van der Waals surface area contributed by atoms with Crippen molar-refractivity contribution in [3.05, 3.63) is 63.8 Å². The molecular weight excluding hydrogens is 407 g/mol. The van der Waals surface area contributed by atoms with Gasteiger partial charge in [-0.25, -0.2) is 9.18 Å². The van der Waals surface area contributed by atoms with Gasteiger partial charge in [-0.3, -0.25) is 9.36 Å². The number of fused-ring (bicyclic) bond motifs is 1. The average molecular weight is 429 g/mol. The van der Waals surface area contributed by atoms with Crippen LogP contribution in [0.4, 0.5) is 15.9 Å². The summed E-state index contributed by atoms with van der Waals surface area (Å²) in [6.07, 6.45) is 2.22. The third-order valence-corrected chi connectivity index (χ3v) is 5.64. The fourth-order valence-corrected chi connectivity index (χ4v) is 4.13. The first kappa shape index (κ1) is 20.3. The van der Waals surface area contributed by atoms with Crippen molar-refractivity contribution >= 4 is 39.9 Å². The molecule has 0 bridgehead atoms. The van der Waals surface area contributed by atoms with Crippen LogP contribution in [-0.2, 0) is 11.3 Å². The molecule has 6 nitrogen and oxygen atoms in total. The summed E-state index contributed by atoms with van der Waals surface area (Å²) in [5, 5.41) is 3.55. The lowest BCUT2D eigenvalue weighted by atomic mass is 10.00. The molecule has 1 aliphatic rings. The van der Waals surface area contributed by atoms with E-state index in [0.29, 0.717) is 17.3 Å². The number of nitrogens with zero attached hydrogens (tertiary/aromatic N) is 3. The maximum atomic E-state index is 13.2. The van der Waals surface area contributed by atoms with Crippen LogP contribution in [0.25, 0.3) is 10.9 Å². The van der Waals surface area contributed by atoms with Gasteiger partial charge in [0.1, 0.15) is 18.2 Å². The van der Waals surface area contributed by atoms with Crippen molar-refractivity contribution < 1.29 is 9.18 Å². The summed E-state index contributed by atoms with van der Waals surface area (Å²) in [5.41, 5.74) is 0.445. The normalized spacial score (nSPS) is 16.6. The number of anilines is 2. The topological polar surface area (TPSA) is 67.2 Å². The van der Waals surface area contributed by atoms with Crippen molar-refractivity contribution in [3.8, 4) is 0 Å². The molecule has 1 fully saturated rings. The van der Waals surface area contributed by atoms with E-state index in [1.807, 2.05) is 24.3 Å². The van der Waals surface area contributed by atoms with E-state index >= 15 is 0 Å². The summed E-state index contributed by atoms with van der Waals surface area (Å²) in [6, 6.07) is 11.2. The molecule has 0 aliphatic carbocycles. The molecule has 1 aromatic heterocycles. The highest BCUT2D eigenvalue weighted by Crippen LogP contribution is 2.27. The van der Waals surface area contributed by atoms with Crippen LogP contribution in [0.2, 0.25) is 5.02 Å². The molecule has 4 rings (SSSR count). The predicted octanol–water partition coefficient (Wildman–Crippen LogP) is 4.06. The van der Waals surface area contributed by atoms with E-state index in [0.717, 1.165) is 37.4 Å². The number of nitrogens with one attached hydrogen (secondary N) is 1. The van der Waals surface area contributed by atoms with E-state index in [4.69, 9.17) is 11.6 Å². The van der Waals surface area contributed by atoms with Gasteiger partial charge in [0.05, 0.1) is 16.2 Å². The van der Waals surface area contributed by atoms with Crippen LogP contribution in [0.15, 0.2) is 47.3 Å². The summed E-state index contributed by atoms with van der Waals surface area (Å²) >= 11 is 5.98. The van der Waals surface area contributed by atoms with Crippen molar-refractivity contribution in [2.75, 3.05) is 23.3 Å². The smallest absolute Gasteiger partial charge is 0.350 e. The molecule has 0 unspecified atom stereocenters. The molecule has 1 N–H and O–H groups in total. The number of carbonyl (C=O) groups excluding carboxylic acids is 1. The van der Waals surface area contributed by atoms with Gasteiger partial charge < -0.3 is 10.2 Å². The van der Waals surface area contributed by atoms with E-state index in [9.17, 15) is 14.0 Å². The van der Waals surface area contributed by atoms with Crippen molar-refractivity contribution in [1.29, 1.82) is 0 Å². The third kappa shape index (κ3) is 4.16. The monoisotopic (exact) mass is 428 g/mol. The summed E-state index contributed by atoms with van der Waals surface area (Å²) in [6.45, 7) is 3.68. The highest BCUT2D eigenvalue weighted by molar-refractivity contribution is 6.33. The van der Waals surface area contributed by atoms with Crippen LogP contribution >= 0.6 is 11.6 Å². The number of halogens is 2. The molecular formula is C22H22ClFN4O2. The number of hydrogen-bond acceptors (Lipinski definition) is 4. The first-order chi connectivity index (χ1) is 14.4. The Balaban J connectivity index is 1.66. The molecule has 2 aromatic carbocycles. The fraction of sp³-hybridized carbons (Fsp3) is 0.318. The second-order valence-corrected chi connectivity index (χ2v) is 8.09. The minimum Gasteiger partial charge on any atom is -0.356 e. The highest BCUT2D eigenvalue weighted by atomic mass is 35.5. The van der Waals surface area contributed by atoms with Crippen molar-refractivity contribution in [3.63, 3.8) is 0 Å². The minimum atomic E-state index is -0.493. The number of piperidine rings is 1. The molecule has 2 heterocycles. The Labute approximate surface area is 178 Å². The first-order valence-corrected chi connectivity index (χ1v) is 10.3. The van der Waals surface area contributed by atoms with E-state index < -0.39 is 17.4 Å². The number of rotatable bonds is 4. The molecule has 1 atom stereocenters. The minimum absolute atomic E-state index is 0.0910. The highest BCUT2D eigenvalue weighted by Gasteiger charge is 2.22. The zero-order valence-electron chi connectivity index (χ0n) is 16.6. The number of amides is 1.